The van der Waals surface area contributed by atoms with Crippen LogP contribution in [0.1, 0.15) is 18.4 Å². The van der Waals surface area contributed by atoms with Gasteiger partial charge < -0.3 is 10.1 Å². The molecule has 0 aliphatic carbocycles. The standard InChI is InChI=1S/C12H18N2O/c1-13-12(4-7-15-8-5-12)9-11-3-2-6-14-10-11/h2-3,6,10,13H,4-5,7-9H2,1H3. The maximum Gasteiger partial charge on any atom is 0.0483 e. The van der Waals surface area contributed by atoms with Crippen molar-refractivity contribution in [2.45, 2.75) is 24.8 Å². The van der Waals surface area contributed by atoms with E-state index in [0.717, 1.165) is 32.5 Å². The average Bonchev–Trinajstić information content (AvgIpc) is 2.32. The monoisotopic (exact) mass is 206 g/mol. The van der Waals surface area contributed by atoms with E-state index in [-0.39, 0.29) is 5.54 Å². The number of ether oxygens (including phenoxy) is 1. The Balaban J connectivity index is 2.07. The van der Waals surface area contributed by atoms with E-state index >= 15 is 0 Å². The van der Waals surface area contributed by atoms with Crippen molar-refractivity contribution in [3.63, 3.8) is 0 Å². The minimum absolute atomic E-state index is 0.210. The van der Waals surface area contributed by atoms with Gasteiger partial charge in [0.15, 0.2) is 0 Å². The predicted molar refractivity (Wildman–Crippen MR) is 59.8 cm³/mol. The Morgan fingerprint density at radius 3 is 2.87 bits per heavy atom. The van der Waals surface area contributed by atoms with E-state index in [1.54, 1.807) is 0 Å². The number of likely N-dealkylation sites (N-methyl/N-ethyl adjacent to an activating group) is 1. The maximum absolute atomic E-state index is 5.41. The molecule has 1 aliphatic rings. The molecule has 1 aromatic heterocycles. The van der Waals surface area contributed by atoms with Crippen molar-refractivity contribution >= 4 is 0 Å². The lowest BCUT2D eigenvalue weighted by molar-refractivity contribution is 0.0413. The molecule has 1 N–H and O–H groups in total. The van der Waals surface area contributed by atoms with Crippen molar-refractivity contribution in [3.8, 4) is 0 Å². The molecule has 0 aromatic carbocycles. The van der Waals surface area contributed by atoms with E-state index in [1.165, 1.54) is 5.56 Å². The zero-order valence-electron chi connectivity index (χ0n) is 9.20. The molecule has 82 valence electrons. The van der Waals surface area contributed by atoms with E-state index in [1.807, 2.05) is 25.5 Å². The van der Waals surface area contributed by atoms with Crippen LogP contribution in [0, 0.1) is 0 Å². The van der Waals surface area contributed by atoms with Gasteiger partial charge in [-0.2, -0.15) is 0 Å². The quantitative estimate of drug-likeness (QED) is 0.811. The molecule has 2 heterocycles. The van der Waals surface area contributed by atoms with Crippen LogP contribution in [-0.4, -0.2) is 30.8 Å². The lowest BCUT2D eigenvalue weighted by atomic mass is 9.84. The van der Waals surface area contributed by atoms with Gasteiger partial charge in [0.1, 0.15) is 0 Å². The molecule has 3 nitrogen and oxygen atoms in total. The van der Waals surface area contributed by atoms with Crippen LogP contribution in [0.4, 0.5) is 0 Å². The topological polar surface area (TPSA) is 34.2 Å². The van der Waals surface area contributed by atoms with Crippen LogP contribution in [0.25, 0.3) is 0 Å². The van der Waals surface area contributed by atoms with Crippen LogP contribution in [0.5, 0.6) is 0 Å². The summed E-state index contributed by atoms with van der Waals surface area (Å²) >= 11 is 0. The SMILES string of the molecule is CNC1(Cc2cccnc2)CCOCC1. The second kappa shape index (κ2) is 4.73. The molecule has 0 bridgehead atoms. The van der Waals surface area contributed by atoms with Crippen LogP contribution in [-0.2, 0) is 11.2 Å². The molecule has 1 fully saturated rings. The van der Waals surface area contributed by atoms with Gasteiger partial charge in [0.25, 0.3) is 0 Å². The van der Waals surface area contributed by atoms with E-state index < -0.39 is 0 Å². The molecule has 1 aromatic rings. The zero-order chi connectivity index (χ0) is 10.6. The van der Waals surface area contributed by atoms with Gasteiger partial charge >= 0.3 is 0 Å². The molecule has 1 saturated heterocycles. The summed E-state index contributed by atoms with van der Waals surface area (Å²) in [5, 5.41) is 3.46. The van der Waals surface area contributed by atoms with Gasteiger partial charge in [-0.15, -0.1) is 0 Å². The molecule has 3 heteroatoms. The largest absolute Gasteiger partial charge is 0.381 e. The van der Waals surface area contributed by atoms with Crippen LogP contribution in [0.15, 0.2) is 24.5 Å². The average molecular weight is 206 g/mol. The summed E-state index contributed by atoms with van der Waals surface area (Å²) in [6.07, 6.45) is 6.98. The minimum Gasteiger partial charge on any atom is -0.381 e. The van der Waals surface area contributed by atoms with Crippen molar-refractivity contribution in [1.82, 2.24) is 10.3 Å². The molecule has 1 aliphatic heterocycles. The summed E-state index contributed by atoms with van der Waals surface area (Å²) in [6, 6.07) is 4.14. The first-order chi connectivity index (χ1) is 7.35. The maximum atomic E-state index is 5.41. The predicted octanol–water partition coefficient (Wildman–Crippen LogP) is 1.39. The fraction of sp³-hybridized carbons (Fsp3) is 0.583. The molecule has 0 atom stereocenters. The first kappa shape index (κ1) is 10.6. The van der Waals surface area contributed by atoms with Crippen LogP contribution in [0.3, 0.4) is 0 Å². The van der Waals surface area contributed by atoms with E-state index in [4.69, 9.17) is 4.74 Å². The third kappa shape index (κ3) is 2.55. The molecular formula is C12H18N2O. The van der Waals surface area contributed by atoms with Crippen molar-refractivity contribution in [1.29, 1.82) is 0 Å². The molecular weight excluding hydrogens is 188 g/mol. The summed E-state index contributed by atoms with van der Waals surface area (Å²) in [4.78, 5) is 4.16. The Labute approximate surface area is 90.9 Å². The summed E-state index contributed by atoms with van der Waals surface area (Å²) in [7, 11) is 2.04. The third-order valence-corrected chi connectivity index (χ3v) is 3.25. The third-order valence-electron chi connectivity index (χ3n) is 3.25. The summed E-state index contributed by atoms with van der Waals surface area (Å²) in [5.74, 6) is 0. The second-order valence-electron chi connectivity index (χ2n) is 4.18. The minimum atomic E-state index is 0.210. The Morgan fingerprint density at radius 2 is 2.27 bits per heavy atom. The zero-order valence-corrected chi connectivity index (χ0v) is 9.20. The van der Waals surface area contributed by atoms with E-state index in [0.29, 0.717) is 0 Å². The number of nitrogens with zero attached hydrogens (tertiary/aromatic N) is 1. The van der Waals surface area contributed by atoms with Gasteiger partial charge in [-0.3, -0.25) is 4.98 Å². The van der Waals surface area contributed by atoms with Crippen LogP contribution >= 0.6 is 0 Å². The lowest BCUT2D eigenvalue weighted by Crippen LogP contribution is -2.49. The highest BCUT2D eigenvalue weighted by Crippen LogP contribution is 2.24. The van der Waals surface area contributed by atoms with Gasteiger partial charge in [-0.25, -0.2) is 0 Å². The van der Waals surface area contributed by atoms with E-state index in [9.17, 15) is 0 Å². The number of pyridine rings is 1. The Hall–Kier alpha value is -0.930. The summed E-state index contributed by atoms with van der Waals surface area (Å²) < 4.78 is 5.41. The number of aromatic nitrogens is 1. The Bertz CT molecular complexity index is 294. The van der Waals surface area contributed by atoms with Gasteiger partial charge in [-0.05, 0) is 37.9 Å². The summed E-state index contributed by atoms with van der Waals surface area (Å²) in [6.45, 7) is 1.72. The lowest BCUT2D eigenvalue weighted by Gasteiger charge is -2.37. The smallest absolute Gasteiger partial charge is 0.0483 e. The van der Waals surface area contributed by atoms with Crippen molar-refractivity contribution < 1.29 is 4.74 Å². The van der Waals surface area contributed by atoms with Gasteiger partial charge in [0.05, 0.1) is 0 Å². The fourth-order valence-electron chi connectivity index (χ4n) is 2.17. The van der Waals surface area contributed by atoms with Crippen LogP contribution < -0.4 is 5.32 Å². The Kier molecular flexibility index (Phi) is 3.34. The highest BCUT2D eigenvalue weighted by atomic mass is 16.5. The number of rotatable bonds is 3. The van der Waals surface area contributed by atoms with Crippen molar-refractivity contribution in [3.05, 3.63) is 30.1 Å². The van der Waals surface area contributed by atoms with Crippen LogP contribution in [0.2, 0.25) is 0 Å². The molecule has 2 rings (SSSR count). The normalized spacial score (nSPS) is 20.1. The molecule has 15 heavy (non-hydrogen) atoms. The molecule has 0 spiro atoms. The van der Waals surface area contributed by atoms with E-state index in [2.05, 4.69) is 16.4 Å². The first-order valence-corrected chi connectivity index (χ1v) is 5.50. The summed E-state index contributed by atoms with van der Waals surface area (Å²) in [5.41, 5.74) is 1.51. The highest BCUT2D eigenvalue weighted by Gasteiger charge is 2.30. The van der Waals surface area contributed by atoms with Gasteiger partial charge in [0, 0.05) is 31.1 Å². The number of nitrogens with one attached hydrogen (secondary N) is 1. The molecule has 0 radical (unpaired) electrons. The first-order valence-electron chi connectivity index (χ1n) is 5.50. The molecule has 0 unspecified atom stereocenters. The van der Waals surface area contributed by atoms with Crippen molar-refractivity contribution in [2.75, 3.05) is 20.3 Å². The molecule has 0 amide bonds. The highest BCUT2D eigenvalue weighted by molar-refractivity contribution is 5.13. The Morgan fingerprint density at radius 1 is 1.47 bits per heavy atom. The van der Waals surface area contributed by atoms with Crippen molar-refractivity contribution in [2.24, 2.45) is 0 Å². The fourth-order valence-corrected chi connectivity index (χ4v) is 2.17. The number of hydrogen-bond donors (Lipinski definition) is 1. The molecule has 0 saturated carbocycles. The van der Waals surface area contributed by atoms with Gasteiger partial charge in [0.2, 0.25) is 0 Å². The number of hydrogen-bond acceptors (Lipinski definition) is 3. The second-order valence-corrected chi connectivity index (χ2v) is 4.18. The van der Waals surface area contributed by atoms with Gasteiger partial charge in [-0.1, -0.05) is 6.07 Å².